The van der Waals surface area contributed by atoms with E-state index in [0.717, 1.165) is 11.3 Å². The number of aryl methyl sites for hydroxylation is 1. The Hall–Kier alpha value is -2.84. The highest BCUT2D eigenvalue weighted by atomic mass is 35.5. The molecule has 1 atom stereocenters. The Morgan fingerprint density at radius 2 is 2.08 bits per heavy atom. The summed E-state index contributed by atoms with van der Waals surface area (Å²) in [5, 5.41) is 11.9. The van der Waals surface area contributed by atoms with Gasteiger partial charge in [-0.25, -0.2) is 0 Å². The molecule has 1 aliphatic heterocycles. The maximum atomic E-state index is 12.5. The molecule has 0 saturated carbocycles. The maximum Gasteiger partial charge on any atom is 0.229 e. The molecule has 0 aromatic heterocycles. The number of halogens is 1. The van der Waals surface area contributed by atoms with Crippen LogP contribution in [0.4, 0.5) is 11.4 Å². The first-order valence-electron chi connectivity index (χ1n) is 7.86. The van der Waals surface area contributed by atoms with Gasteiger partial charge >= 0.3 is 0 Å². The van der Waals surface area contributed by atoms with Crippen LogP contribution in [0.1, 0.15) is 17.5 Å². The van der Waals surface area contributed by atoms with E-state index in [-0.39, 0.29) is 23.3 Å². The van der Waals surface area contributed by atoms with Gasteiger partial charge < -0.3 is 10.2 Å². The van der Waals surface area contributed by atoms with Crippen molar-refractivity contribution in [3.05, 3.63) is 58.6 Å². The highest BCUT2D eigenvalue weighted by molar-refractivity contribution is 6.32. The minimum absolute atomic E-state index is 0.0627. The number of nitrogens with zero attached hydrogens (tertiary/aromatic N) is 2. The second-order valence-corrected chi connectivity index (χ2v) is 6.39. The molecule has 0 bridgehead atoms. The van der Waals surface area contributed by atoms with Crippen LogP contribution in [0.25, 0.3) is 0 Å². The first kappa shape index (κ1) is 17.0. The van der Waals surface area contributed by atoms with Crippen molar-refractivity contribution in [2.24, 2.45) is 5.92 Å². The van der Waals surface area contributed by atoms with Crippen LogP contribution in [0, 0.1) is 24.2 Å². The van der Waals surface area contributed by atoms with E-state index in [1.807, 2.05) is 37.3 Å². The van der Waals surface area contributed by atoms with Crippen molar-refractivity contribution in [1.29, 1.82) is 5.26 Å². The molecule has 2 aromatic carbocycles. The molecule has 2 amide bonds. The zero-order valence-corrected chi connectivity index (χ0v) is 14.4. The number of nitrogens with one attached hydrogen (secondary N) is 1. The number of benzene rings is 2. The lowest BCUT2D eigenvalue weighted by Gasteiger charge is -2.19. The predicted octanol–water partition coefficient (Wildman–Crippen LogP) is 3.51. The molecule has 0 radical (unpaired) electrons. The fourth-order valence-corrected chi connectivity index (χ4v) is 3.13. The van der Waals surface area contributed by atoms with Crippen LogP contribution in [0.2, 0.25) is 5.02 Å². The molecule has 1 aliphatic rings. The normalized spacial score (nSPS) is 16.6. The fraction of sp³-hybridized carbons (Fsp3) is 0.211. The number of carbonyl (C=O) groups excluding carboxylic acids is 2. The summed E-state index contributed by atoms with van der Waals surface area (Å²) < 4.78 is 0. The van der Waals surface area contributed by atoms with Crippen LogP contribution < -0.4 is 10.2 Å². The Labute approximate surface area is 150 Å². The first-order chi connectivity index (χ1) is 12.0. The number of para-hydroxylation sites is 1. The standard InChI is InChI=1S/C19H16ClN3O2/c1-12-4-2-3-5-17(12)23-11-14(8-18(23)24)19(25)22-15-7-6-13(10-21)16(20)9-15/h2-7,9,14H,8,11H2,1H3,(H,22,25)/t14-/m1/s1. The molecule has 1 N–H and O–H groups in total. The number of hydrogen-bond acceptors (Lipinski definition) is 3. The average molecular weight is 354 g/mol. The molecule has 126 valence electrons. The summed E-state index contributed by atoms with van der Waals surface area (Å²) in [5.74, 6) is -0.723. The highest BCUT2D eigenvalue weighted by Crippen LogP contribution is 2.29. The SMILES string of the molecule is Cc1ccccc1N1C[C@H](C(=O)Nc2ccc(C#N)c(Cl)c2)CC1=O. The summed E-state index contributed by atoms with van der Waals surface area (Å²) in [7, 11) is 0. The van der Waals surface area contributed by atoms with Crippen LogP contribution in [0.5, 0.6) is 0 Å². The highest BCUT2D eigenvalue weighted by Gasteiger charge is 2.35. The van der Waals surface area contributed by atoms with Crippen LogP contribution in [-0.2, 0) is 9.59 Å². The Morgan fingerprint density at radius 1 is 1.32 bits per heavy atom. The third-order valence-corrected chi connectivity index (χ3v) is 4.57. The van der Waals surface area contributed by atoms with Gasteiger partial charge in [-0.15, -0.1) is 0 Å². The van der Waals surface area contributed by atoms with Crippen molar-refractivity contribution in [2.45, 2.75) is 13.3 Å². The molecule has 0 aliphatic carbocycles. The van der Waals surface area contributed by atoms with Gasteiger partial charge in [0.1, 0.15) is 6.07 Å². The number of nitriles is 1. The average Bonchev–Trinajstić information content (AvgIpc) is 2.97. The molecule has 1 heterocycles. The molecule has 0 spiro atoms. The van der Waals surface area contributed by atoms with Crippen LogP contribution in [0.15, 0.2) is 42.5 Å². The van der Waals surface area contributed by atoms with Crippen molar-refractivity contribution in [2.75, 3.05) is 16.8 Å². The third-order valence-electron chi connectivity index (χ3n) is 4.26. The van der Waals surface area contributed by atoms with E-state index in [1.54, 1.807) is 17.0 Å². The second-order valence-electron chi connectivity index (χ2n) is 5.99. The second kappa shape index (κ2) is 6.96. The van der Waals surface area contributed by atoms with Gasteiger partial charge in [0.15, 0.2) is 0 Å². The summed E-state index contributed by atoms with van der Waals surface area (Å²) in [6, 6.07) is 14.3. The molecule has 25 heavy (non-hydrogen) atoms. The zero-order chi connectivity index (χ0) is 18.0. The summed E-state index contributed by atoms with van der Waals surface area (Å²) in [5.41, 5.74) is 2.69. The lowest BCUT2D eigenvalue weighted by molar-refractivity contribution is -0.122. The Bertz CT molecular complexity index is 888. The molecular formula is C19H16ClN3O2. The van der Waals surface area contributed by atoms with Crippen molar-refractivity contribution in [3.8, 4) is 6.07 Å². The van der Waals surface area contributed by atoms with Gasteiger partial charge in [0.05, 0.1) is 16.5 Å². The molecular weight excluding hydrogens is 338 g/mol. The van der Waals surface area contributed by atoms with Gasteiger partial charge in [0.25, 0.3) is 0 Å². The third kappa shape index (κ3) is 3.49. The van der Waals surface area contributed by atoms with Crippen molar-refractivity contribution >= 4 is 34.8 Å². The summed E-state index contributed by atoms with van der Waals surface area (Å²) in [6.45, 7) is 2.29. The topological polar surface area (TPSA) is 73.2 Å². The van der Waals surface area contributed by atoms with Crippen LogP contribution in [0.3, 0.4) is 0 Å². The molecule has 1 fully saturated rings. The monoisotopic (exact) mass is 353 g/mol. The Morgan fingerprint density at radius 3 is 2.76 bits per heavy atom. The van der Waals surface area contributed by atoms with E-state index >= 15 is 0 Å². The minimum Gasteiger partial charge on any atom is -0.326 e. The van der Waals surface area contributed by atoms with E-state index < -0.39 is 5.92 Å². The lowest BCUT2D eigenvalue weighted by atomic mass is 10.1. The molecule has 6 heteroatoms. The number of rotatable bonds is 3. The van der Waals surface area contributed by atoms with Gasteiger partial charge in [0.2, 0.25) is 11.8 Å². The van der Waals surface area contributed by atoms with Gasteiger partial charge in [-0.1, -0.05) is 29.8 Å². The summed E-state index contributed by atoms with van der Waals surface area (Å²) in [4.78, 5) is 26.5. The van der Waals surface area contributed by atoms with Gasteiger partial charge in [-0.05, 0) is 36.8 Å². The quantitative estimate of drug-likeness (QED) is 0.917. The summed E-state index contributed by atoms with van der Waals surface area (Å²) in [6.07, 6.45) is 0.171. The Balaban J connectivity index is 1.72. The Kier molecular flexibility index (Phi) is 4.73. The van der Waals surface area contributed by atoms with Gasteiger partial charge in [0, 0.05) is 24.3 Å². The van der Waals surface area contributed by atoms with E-state index in [9.17, 15) is 9.59 Å². The van der Waals surface area contributed by atoms with E-state index in [1.165, 1.54) is 6.07 Å². The maximum absolute atomic E-state index is 12.5. The lowest BCUT2D eigenvalue weighted by Crippen LogP contribution is -2.28. The molecule has 5 nitrogen and oxygen atoms in total. The minimum atomic E-state index is -0.429. The van der Waals surface area contributed by atoms with Crippen molar-refractivity contribution in [1.82, 2.24) is 0 Å². The molecule has 3 rings (SSSR count). The van der Waals surface area contributed by atoms with E-state index in [2.05, 4.69) is 5.32 Å². The number of amides is 2. The smallest absolute Gasteiger partial charge is 0.229 e. The van der Waals surface area contributed by atoms with E-state index in [0.29, 0.717) is 17.8 Å². The largest absolute Gasteiger partial charge is 0.326 e. The summed E-state index contributed by atoms with van der Waals surface area (Å²) >= 11 is 5.98. The predicted molar refractivity (Wildman–Crippen MR) is 96.4 cm³/mol. The molecule has 2 aromatic rings. The van der Waals surface area contributed by atoms with Gasteiger partial charge in [-0.2, -0.15) is 5.26 Å². The van der Waals surface area contributed by atoms with Crippen molar-refractivity contribution < 1.29 is 9.59 Å². The van der Waals surface area contributed by atoms with Gasteiger partial charge in [-0.3, -0.25) is 9.59 Å². The fourth-order valence-electron chi connectivity index (χ4n) is 2.91. The first-order valence-corrected chi connectivity index (χ1v) is 8.24. The molecule has 0 unspecified atom stereocenters. The zero-order valence-electron chi connectivity index (χ0n) is 13.6. The molecule has 1 saturated heterocycles. The number of hydrogen-bond donors (Lipinski definition) is 1. The van der Waals surface area contributed by atoms with Crippen molar-refractivity contribution in [3.63, 3.8) is 0 Å². The van der Waals surface area contributed by atoms with E-state index in [4.69, 9.17) is 16.9 Å². The number of anilines is 2. The number of carbonyl (C=O) groups is 2. The van der Waals surface area contributed by atoms with Crippen LogP contribution >= 0.6 is 11.6 Å². The van der Waals surface area contributed by atoms with Crippen LogP contribution in [-0.4, -0.2) is 18.4 Å².